The first-order valence-corrected chi connectivity index (χ1v) is 5.93. The molecule has 0 fully saturated rings. The lowest BCUT2D eigenvalue weighted by atomic mass is 10.0. The van der Waals surface area contributed by atoms with Gasteiger partial charge in [0.05, 0.1) is 5.69 Å². The second kappa shape index (κ2) is 3.26. The SMILES string of the molecule is Nc1cc2ccccc2c2c1oc1ccccc12. The lowest BCUT2D eigenvalue weighted by molar-refractivity contribution is 0.670. The molecule has 0 saturated heterocycles. The first kappa shape index (κ1) is 9.54. The van der Waals surface area contributed by atoms with Crippen molar-refractivity contribution in [2.24, 2.45) is 0 Å². The number of anilines is 1. The Morgan fingerprint density at radius 2 is 1.56 bits per heavy atom. The molecule has 0 radical (unpaired) electrons. The zero-order valence-electron chi connectivity index (χ0n) is 9.68. The minimum Gasteiger partial charge on any atom is -0.454 e. The molecule has 4 rings (SSSR count). The monoisotopic (exact) mass is 233 g/mol. The van der Waals surface area contributed by atoms with Crippen LogP contribution in [0.2, 0.25) is 0 Å². The highest BCUT2D eigenvalue weighted by Crippen LogP contribution is 2.37. The van der Waals surface area contributed by atoms with Gasteiger partial charge in [-0.05, 0) is 22.9 Å². The predicted octanol–water partition coefficient (Wildman–Crippen LogP) is 4.32. The van der Waals surface area contributed by atoms with Crippen molar-refractivity contribution in [2.75, 3.05) is 5.73 Å². The van der Waals surface area contributed by atoms with E-state index >= 15 is 0 Å². The molecule has 0 amide bonds. The van der Waals surface area contributed by atoms with E-state index in [-0.39, 0.29) is 0 Å². The molecule has 0 aliphatic heterocycles. The second-order valence-corrected chi connectivity index (χ2v) is 4.49. The fourth-order valence-corrected chi connectivity index (χ4v) is 2.60. The molecule has 0 atom stereocenters. The number of rotatable bonds is 0. The summed E-state index contributed by atoms with van der Waals surface area (Å²) in [6, 6.07) is 18.3. The van der Waals surface area contributed by atoms with E-state index in [4.69, 9.17) is 10.2 Å². The molecule has 18 heavy (non-hydrogen) atoms. The Balaban J connectivity index is 2.41. The van der Waals surface area contributed by atoms with Crippen molar-refractivity contribution in [1.82, 2.24) is 0 Å². The van der Waals surface area contributed by atoms with Crippen LogP contribution in [0.25, 0.3) is 32.7 Å². The molecule has 0 saturated carbocycles. The van der Waals surface area contributed by atoms with E-state index in [0.29, 0.717) is 5.69 Å². The minimum atomic E-state index is 0.694. The van der Waals surface area contributed by atoms with Gasteiger partial charge in [0.2, 0.25) is 0 Å². The molecule has 0 spiro atoms. The Kier molecular flexibility index (Phi) is 1.73. The number of furan rings is 1. The van der Waals surface area contributed by atoms with Crippen LogP contribution >= 0.6 is 0 Å². The highest BCUT2D eigenvalue weighted by atomic mass is 16.3. The predicted molar refractivity (Wildman–Crippen MR) is 75.6 cm³/mol. The van der Waals surface area contributed by atoms with Gasteiger partial charge in [0.15, 0.2) is 5.58 Å². The second-order valence-electron chi connectivity index (χ2n) is 4.49. The number of para-hydroxylation sites is 1. The van der Waals surface area contributed by atoms with Crippen LogP contribution in [0.4, 0.5) is 5.69 Å². The van der Waals surface area contributed by atoms with Crippen LogP contribution in [0, 0.1) is 0 Å². The number of nitrogens with two attached hydrogens (primary N) is 1. The molecule has 0 bridgehead atoms. The number of nitrogen functional groups attached to an aromatic ring is 1. The summed E-state index contributed by atoms with van der Waals surface area (Å²) >= 11 is 0. The molecule has 1 aromatic heterocycles. The number of hydrogen-bond acceptors (Lipinski definition) is 2. The van der Waals surface area contributed by atoms with Crippen LogP contribution < -0.4 is 5.73 Å². The molecule has 3 aromatic carbocycles. The molecule has 2 heteroatoms. The lowest BCUT2D eigenvalue weighted by Gasteiger charge is -2.01. The average molecular weight is 233 g/mol. The molecular weight excluding hydrogens is 222 g/mol. The molecule has 2 nitrogen and oxygen atoms in total. The normalized spacial score (nSPS) is 11.6. The molecule has 0 aliphatic carbocycles. The zero-order valence-corrected chi connectivity index (χ0v) is 9.68. The average Bonchev–Trinajstić information content (AvgIpc) is 2.79. The van der Waals surface area contributed by atoms with Crippen LogP contribution in [-0.4, -0.2) is 0 Å². The number of benzene rings is 3. The van der Waals surface area contributed by atoms with Gasteiger partial charge in [-0.1, -0.05) is 42.5 Å². The van der Waals surface area contributed by atoms with E-state index in [1.165, 1.54) is 5.39 Å². The lowest BCUT2D eigenvalue weighted by Crippen LogP contribution is -1.85. The van der Waals surface area contributed by atoms with Gasteiger partial charge < -0.3 is 10.2 Å². The maximum atomic E-state index is 6.09. The third-order valence-corrected chi connectivity index (χ3v) is 3.40. The first-order valence-electron chi connectivity index (χ1n) is 5.93. The molecule has 86 valence electrons. The van der Waals surface area contributed by atoms with Crippen LogP contribution in [0.3, 0.4) is 0 Å². The number of fused-ring (bicyclic) bond motifs is 5. The van der Waals surface area contributed by atoms with Crippen molar-refractivity contribution in [3.05, 3.63) is 54.6 Å². The first-order chi connectivity index (χ1) is 8.84. The highest BCUT2D eigenvalue weighted by Gasteiger charge is 2.12. The van der Waals surface area contributed by atoms with Crippen molar-refractivity contribution < 1.29 is 4.42 Å². The van der Waals surface area contributed by atoms with Crippen LogP contribution in [-0.2, 0) is 0 Å². The van der Waals surface area contributed by atoms with Gasteiger partial charge in [-0.25, -0.2) is 0 Å². The molecule has 0 aliphatic rings. The van der Waals surface area contributed by atoms with Crippen molar-refractivity contribution in [1.29, 1.82) is 0 Å². The zero-order chi connectivity index (χ0) is 12.1. The van der Waals surface area contributed by atoms with Crippen LogP contribution in [0.1, 0.15) is 0 Å². The van der Waals surface area contributed by atoms with Gasteiger partial charge in [-0.3, -0.25) is 0 Å². The summed E-state index contributed by atoms with van der Waals surface area (Å²) in [5.41, 5.74) is 8.46. The summed E-state index contributed by atoms with van der Waals surface area (Å²) < 4.78 is 5.87. The van der Waals surface area contributed by atoms with Gasteiger partial charge in [0.25, 0.3) is 0 Å². The maximum Gasteiger partial charge on any atom is 0.158 e. The summed E-state index contributed by atoms with van der Waals surface area (Å²) in [6.07, 6.45) is 0. The van der Waals surface area contributed by atoms with Crippen molar-refractivity contribution in [3.8, 4) is 0 Å². The third-order valence-electron chi connectivity index (χ3n) is 3.40. The standard InChI is InChI=1S/C16H11NO/c17-13-9-10-5-1-2-6-11(10)15-12-7-3-4-8-14(12)18-16(13)15/h1-9H,17H2. The minimum absolute atomic E-state index is 0.694. The largest absolute Gasteiger partial charge is 0.454 e. The number of hydrogen-bond donors (Lipinski definition) is 1. The van der Waals surface area contributed by atoms with E-state index in [2.05, 4.69) is 18.2 Å². The summed E-state index contributed by atoms with van der Waals surface area (Å²) in [6.45, 7) is 0. The molecular formula is C16H11NO. The Morgan fingerprint density at radius 3 is 2.44 bits per heavy atom. The summed E-state index contributed by atoms with van der Waals surface area (Å²) in [5, 5.41) is 4.57. The Morgan fingerprint density at radius 1 is 0.833 bits per heavy atom. The van der Waals surface area contributed by atoms with Crippen LogP contribution in [0.5, 0.6) is 0 Å². The molecule has 0 unspecified atom stereocenters. The molecule has 4 aromatic rings. The van der Waals surface area contributed by atoms with E-state index < -0.39 is 0 Å². The Bertz CT molecular complexity index is 889. The smallest absolute Gasteiger partial charge is 0.158 e. The topological polar surface area (TPSA) is 39.2 Å². The fourth-order valence-electron chi connectivity index (χ4n) is 2.60. The summed E-state index contributed by atoms with van der Waals surface area (Å²) in [5.74, 6) is 0. The third kappa shape index (κ3) is 1.12. The van der Waals surface area contributed by atoms with E-state index in [0.717, 1.165) is 27.3 Å². The van der Waals surface area contributed by atoms with Gasteiger partial charge in [-0.2, -0.15) is 0 Å². The van der Waals surface area contributed by atoms with Crippen molar-refractivity contribution in [2.45, 2.75) is 0 Å². The Hall–Kier alpha value is -2.48. The van der Waals surface area contributed by atoms with Gasteiger partial charge >= 0.3 is 0 Å². The van der Waals surface area contributed by atoms with Crippen LogP contribution in [0.15, 0.2) is 59.0 Å². The maximum absolute atomic E-state index is 6.09. The van der Waals surface area contributed by atoms with Crippen molar-refractivity contribution in [3.63, 3.8) is 0 Å². The van der Waals surface area contributed by atoms with E-state index in [1.54, 1.807) is 0 Å². The molecule has 1 heterocycles. The Labute approximate surface area is 104 Å². The quantitative estimate of drug-likeness (QED) is 0.459. The van der Waals surface area contributed by atoms with E-state index in [1.807, 2.05) is 36.4 Å². The van der Waals surface area contributed by atoms with Crippen molar-refractivity contribution >= 4 is 38.4 Å². The van der Waals surface area contributed by atoms with Gasteiger partial charge in [0.1, 0.15) is 5.58 Å². The highest BCUT2D eigenvalue weighted by molar-refractivity contribution is 6.21. The van der Waals surface area contributed by atoms with E-state index in [9.17, 15) is 0 Å². The molecule has 2 N–H and O–H groups in total. The fraction of sp³-hybridized carbons (Fsp3) is 0. The summed E-state index contributed by atoms with van der Waals surface area (Å²) in [4.78, 5) is 0. The van der Waals surface area contributed by atoms with Gasteiger partial charge in [-0.15, -0.1) is 0 Å². The summed E-state index contributed by atoms with van der Waals surface area (Å²) in [7, 11) is 0. The van der Waals surface area contributed by atoms with Gasteiger partial charge in [0, 0.05) is 10.8 Å².